The largest absolute Gasteiger partial charge is 0.483 e. The van der Waals surface area contributed by atoms with Crippen molar-refractivity contribution in [1.82, 2.24) is 0 Å². The summed E-state index contributed by atoms with van der Waals surface area (Å²) in [5, 5.41) is 2.05. The molecular weight excluding hydrogens is 310 g/mol. The average Bonchev–Trinajstić information content (AvgIpc) is 2.83. The summed E-state index contributed by atoms with van der Waals surface area (Å²) in [5.74, 6) is 0.857. The van der Waals surface area contributed by atoms with E-state index in [-0.39, 0.29) is 12.1 Å². The molecule has 2 aromatic rings. The second kappa shape index (κ2) is 6.36. The molecule has 0 fully saturated rings. The Kier molecular flexibility index (Phi) is 4.80. The van der Waals surface area contributed by atoms with Gasteiger partial charge in [-0.3, -0.25) is 0 Å². The quantitative estimate of drug-likeness (QED) is 0.885. The minimum Gasteiger partial charge on any atom is -0.483 e. The number of hydrogen-bond acceptors (Lipinski definition) is 3. The number of benzene rings is 1. The minimum atomic E-state index is -0.0892. The first-order valence-electron chi connectivity index (χ1n) is 5.92. The Labute approximate surface area is 120 Å². The van der Waals surface area contributed by atoms with E-state index in [1.807, 2.05) is 30.3 Å². The van der Waals surface area contributed by atoms with Crippen LogP contribution in [0.3, 0.4) is 0 Å². The van der Waals surface area contributed by atoms with Gasteiger partial charge in [-0.05, 0) is 40.5 Å². The van der Waals surface area contributed by atoms with Crippen molar-refractivity contribution in [2.75, 3.05) is 0 Å². The highest BCUT2D eigenvalue weighted by Gasteiger charge is 2.22. The summed E-state index contributed by atoms with van der Waals surface area (Å²) in [6.07, 6.45) is 0.793. The van der Waals surface area contributed by atoms with Gasteiger partial charge in [-0.25, -0.2) is 0 Å². The Morgan fingerprint density at radius 1 is 1.33 bits per heavy atom. The summed E-state index contributed by atoms with van der Waals surface area (Å²) in [5.41, 5.74) is 6.17. The molecule has 2 unspecified atom stereocenters. The third-order valence-electron chi connectivity index (χ3n) is 2.73. The molecule has 2 rings (SSSR count). The monoisotopic (exact) mass is 325 g/mol. The van der Waals surface area contributed by atoms with Gasteiger partial charge in [0, 0.05) is 20.8 Å². The fourth-order valence-corrected chi connectivity index (χ4v) is 3.24. The Morgan fingerprint density at radius 3 is 2.61 bits per heavy atom. The fraction of sp³-hybridized carbons (Fsp3) is 0.286. The predicted octanol–water partition coefficient (Wildman–Crippen LogP) is 4.37. The second-order valence-electron chi connectivity index (χ2n) is 4.09. The van der Waals surface area contributed by atoms with Crippen molar-refractivity contribution in [2.24, 2.45) is 5.73 Å². The van der Waals surface area contributed by atoms with Gasteiger partial charge >= 0.3 is 0 Å². The van der Waals surface area contributed by atoms with E-state index in [1.165, 1.54) is 0 Å². The number of para-hydroxylation sites is 1. The van der Waals surface area contributed by atoms with Crippen LogP contribution in [0.2, 0.25) is 0 Å². The van der Waals surface area contributed by atoms with E-state index in [2.05, 4.69) is 34.3 Å². The molecule has 2 atom stereocenters. The number of hydrogen-bond donors (Lipinski definition) is 1. The van der Waals surface area contributed by atoms with Gasteiger partial charge in [0.05, 0.1) is 0 Å². The normalized spacial score (nSPS) is 14.2. The van der Waals surface area contributed by atoms with Crippen LogP contribution in [-0.2, 0) is 0 Å². The van der Waals surface area contributed by atoms with Crippen molar-refractivity contribution in [3.63, 3.8) is 0 Å². The zero-order valence-corrected chi connectivity index (χ0v) is 12.6. The third kappa shape index (κ3) is 3.34. The van der Waals surface area contributed by atoms with Crippen molar-refractivity contribution in [2.45, 2.75) is 25.5 Å². The Morgan fingerprint density at radius 2 is 2.06 bits per heavy atom. The lowest BCUT2D eigenvalue weighted by molar-refractivity contribution is 0.174. The SMILES string of the molecule is CCC(N)C(Oc1ccccc1)c1cc(Br)cs1. The summed E-state index contributed by atoms with van der Waals surface area (Å²) in [7, 11) is 0. The van der Waals surface area contributed by atoms with E-state index in [0.717, 1.165) is 21.5 Å². The number of nitrogens with two attached hydrogens (primary N) is 1. The number of rotatable bonds is 5. The first-order valence-corrected chi connectivity index (χ1v) is 7.59. The van der Waals surface area contributed by atoms with E-state index in [4.69, 9.17) is 10.5 Å². The Bertz CT molecular complexity index is 486. The lowest BCUT2D eigenvalue weighted by Gasteiger charge is -2.23. The van der Waals surface area contributed by atoms with Crippen molar-refractivity contribution in [3.05, 3.63) is 51.1 Å². The van der Waals surface area contributed by atoms with E-state index >= 15 is 0 Å². The molecule has 0 bridgehead atoms. The van der Waals surface area contributed by atoms with Crippen molar-refractivity contribution in [1.29, 1.82) is 0 Å². The molecule has 2 N–H and O–H groups in total. The van der Waals surface area contributed by atoms with E-state index in [1.54, 1.807) is 11.3 Å². The van der Waals surface area contributed by atoms with E-state index in [0.29, 0.717) is 0 Å². The maximum atomic E-state index is 6.17. The molecule has 0 aliphatic rings. The molecule has 0 saturated carbocycles. The second-order valence-corrected chi connectivity index (χ2v) is 5.95. The number of ether oxygens (including phenoxy) is 1. The number of halogens is 1. The lowest BCUT2D eigenvalue weighted by atomic mass is 10.1. The van der Waals surface area contributed by atoms with Gasteiger partial charge < -0.3 is 10.5 Å². The fourth-order valence-electron chi connectivity index (χ4n) is 1.69. The summed E-state index contributed by atoms with van der Waals surface area (Å²) in [6, 6.07) is 11.9. The highest BCUT2D eigenvalue weighted by molar-refractivity contribution is 9.10. The zero-order chi connectivity index (χ0) is 13.0. The van der Waals surface area contributed by atoms with Crippen LogP contribution in [0.5, 0.6) is 5.75 Å². The topological polar surface area (TPSA) is 35.2 Å². The Hall–Kier alpha value is -0.840. The predicted molar refractivity (Wildman–Crippen MR) is 80.1 cm³/mol. The molecule has 18 heavy (non-hydrogen) atoms. The molecule has 0 radical (unpaired) electrons. The van der Waals surface area contributed by atoms with Crippen LogP contribution in [0.15, 0.2) is 46.3 Å². The van der Waals surface area contributed by atoms with Crippen molar-refractivity contribution in [3.8, 4) is 5.75 Å². The molecule has 0 aliphatic heterocycles. The van der Waals surface area contributed by atoms with Gasteiger partial charge in [-0.2, -0.15) is 0 Å². The highest BCUT2D eigenvalue weighted by atomic mass is 79.9. The average molecular weight is 326 g/mol. The molecule has 0 aliphatic carbocycles. The molecule has 2 nitrogen and oxygen atoms in total. The van der Waals surface area contributed by atoms with Crippen LogP contribution < -0.4 is 10.5 Å². The smallest absolute Gasteiger partial charge is 0.148 e. The number of thiophene rings is 1. The van der Waals surface area contributed by atoms with E-state index < -0.39 is 0 Å². The Balaban J connectivity index is 2.21. The van der Waals surface area contributed by atoms with Gasteiger partial charge in [-0.1, -0.05) is 25.1 Å². The molecule has 0 spiro atoms. The van der Waals surface area contributed by atoms with Crippen molar-refractivity contribution >= 4 is 27.3 Å². The van der Waals surface area contributed by atoms with Gasteiger partial charge in [0.25, 0.3) is 0 Å². The van der Waals surface area contributed by atoms with Crippen molar-refractivity contribution < 1.29 is 4.74 Å². The molecule has 96 valence electrons. The zero-order valence-electron chi connectivity index (χ0n) is 10.2. The van der Waals surface area contributed by atoms with Crippen LogP contribution in [0.25, 0.3) is 0 Å². The third-order valence-corrected chi connectivity index (χ3v) is 4.49. The van der Waals surface area contributed by atoms with Gasteiger partial charge in [0.2, 0.25) is 0 Å². The van der Waals surface area contributed by atoms with E-state index in [9.17, 15) is 0 Å². The first-order chi connectivity index (χ1) is 8.70. The highest BCUT2D eigenvalue weighted by Crippen LogP contribution is 2.31. The summed E-state index contributed by atoms with van der Waals surface area (Å²) >= 11 is 5.14. The maximum Gasteiger partial charge on any atom is 0.148 e. The molecule has 0 amide bonds. The molecule has 1 aromatic heterocycles. The summed E-state index contributed by atoms with van der Waals surface area (Å²) in [6.45, 7) is 2.08. The maximum absolute atomic E-state index is 6.17. The van der Waals surface area contributed by atoms with Crippen LogP contribution in [0.4, 0.5) is 0 Å². The van der Waals surface area contributed by atoms with Crippen LogP contribution in [-0.4, -0.2) is 6.04 Å². The molecule has 4 heteroatoms. The molecule has 1 heterocycles. The first kappa shape index (κ1) is 13.6. The standard InChI is InChI=1S/C14H16BrNOS/c1-2-12(16)14(13-8-10(15)9-18-13)17-11-6-4-3-5-7-11/h3-9,12,14H,2,16H2,1H3. The summed E-state index contributed by atoms with van der Waals surface area (Å²) < 4.78 is 7.11. The molecule has 0 saturated heterocycles. The van der Waals surface area contributed by atoms with Gasteiger partial charge in [-0.15, -0.1) is 11.3 Å². The van der Waals surface area contributed by atoms with Crippen LogP contribution >= 0.6 is 27.3 Å². The van der Waals surface area contributed by atoms with Gasteiger partial charge in [0.1, 0.15) is 11.9 Å². The summed E-state index contributed by atoms with van der Waals surface area (Å²) in [4.78, 5) is 1.15. The molecule has 1 aromatic carbocycles. The lowest BCUT2D eigenvalue weighted by Crippen LogP contribution is -2.30. The van der Waals surface area contributed by atoms with Crippen LogP contribution in [0, 0.1) is 0 Å². The minimum absolute atomic E-state index is 0.00393. The van der Waals surface area contributed by atoms with Gasteiger partial charge in [0.15, 0.2) is 0 Å². The molecular formula is C14H16BrNOS. The van der Waals surface area contributed by atoms with Crippen LogP contribution in [0.1, 0.15) is 24.3 Å².